The summed E-state index contributed by atoms with van der Waals surface area (Å²) in [6.45, 7) is 0. The van der Waals surface area contributed by atoms with Gasteiger partial charge in [0.15, 0.2) is 0 Å². The average Bonchev–Trinajstić information content (AvgIpc) is 0.682. The summed E-state index contributed by atoms with van der Waals surface area (Å²) >= 11 is 0. The molecule has 6 nitrogen and oxygen atoms in total. The predicted octanol–water partition coefficient (Wildman–Crippen LogP) is 34.9. The summed E-state index contributed by atoms with van der Waals surface area (Å²) in [7, 11) is 0. The molecule has 0 aliphatic rings. The molecule has 6 heteroatoms. The van der Waals surface area contributed by atoms with Crippen molar-refractivity contribution < 1.29 is 0 Å². The zero-order valence-electron chi connectivity index (χ0n) is 73.9. The number of fused-ring (bicyclic) bond motifs is 25. The topological polar surface area (TPSA) is 77.3 Å². The second-order valence-electron chi connectivity index (χ2n) is 35.3. The van der Waals surface area contributed by atoms with Gasteiger partial charge in [-0.3, -0.25) is 0 Å². The quantitative estimate of drug-likeness (QED) is 0.134. The van der Waals surface area contributed by atoms with E-state index in [1.54, 1.807) is 0 Å². The van der Waals surface area contributed by atoms with Gasteiger partial charge in [-0.05, 0) is 228 Å². The Kier molecular flexibility index (Phi) is 19.2. The van der Waals surface area contributed by atoms with E-state index in [0.29, 0.717) is 0 Å². The Morgan fingerprint density at radius 1 is 0.103 bits per heavy atom. The van der Waals surface area contributed by atoms with Crippen LogP contribution in [0.1, 0.15) is 0 Å². The van der Waals surface area contributed by atoms with Crippen molar-refractivity contribution in [3.05, 3.63) is 485 Å². The Bertz CT molecular complexity index is 9730. The third kappa shape index (κ3) is 13.9. The Morgan fingerprint density at radius 2 is 0.382 bits per heavy atom. The van der Waals surface area contributed by atoms with Crippen molar-refractivity contribution in [1.82, 2.24) is 29.9 Å². The van der Waals surface area contributed by atoms with Gasteiger partial charge in [-0.15, -0.1) is 0 Å². The van der Waals surface area contributed by atoms with Gasteiger partial charge in [-0.2, -0.15) is 0 Å². The van der Waals surface area contributed by atoms with Crippen LogP contribution in [0, 0.1) is 0 Å². The highest BCUT2D eigenvalue weighted by atomic mass is 14.9. The van der Waals surface area contributed by atoms with Gasteiger partial charge in [0.25, 0.3) is 0 Å². The second-order valence-corrected chi connectivity index (χ2v) is 35.3. The van der Waals surface area contributed by atoms with Crippen LogP contribution in [0.5, 0.6) is 0 Å². The molecule has 3 heterocycles. The van der Waals surface area contributed by atoms with Crippen molar-refractivity contribution in [2.45, 2.75) is 0 Å². The lowest BCUT2D eigenvalue weighted by molar-refractivity contribution is 1.29. The summed E-state index contributed by atoms with van der Waals surface area (Å²) in [4.78, 5) is 31.4. The first kappa shape index (κ1) is 78.9. The SMILES string of the molecule is c1ccc(-c2nc3cc(-c4cc5ccc6ccccc6c5c5ccc6ccccc6c45)ccc3nc2-c2ccc3ccccc3c2)cc1.c1ccc(-c2nc3ccc(-c4ccc5c(ccc6c5ccc5ccc7ccccc7c56)c4)cc3nc2-c2ccccc2)cc1.c1ccc(-c2nc3ccc(-c4cccc5c4ccc4ccc6c7ccccc7ccc6c45)cc3nc2-c2ccccc2)cc1. The molecule has 0 saturated heterocycles. The summed E-state index contributed by atoms with van der Waals surface area (Å²) in [6.07, 6.45) is 0. The number of nitrogens with zero attached hydrogens (tertiary/aromatic N) is 6. The van der Waals surface area contributed by atoms with Crippen molar-refractivity contribution >= 4 is 173 Å². The predicted molar refractivity (Wildman–Crippen MR) is 575 cm³/mol. The summed E-state index contributed by atoms with van der Waals surface area (Å²) in [5, 5.41) is 32.9. The number of rotatable bonds is 9. The van der Waals surface area contributed by atoms with Crippen molar-refractivity contribution in [3.63, 3.8) is 0 Å². The minimum atomic E-state index is 0.877. The second kappa shape index (κ2) is 33.1. The van der Waals surface area contributed by atoms with Gasteiger partial charge in [0, 0.05) is 33.4 Å². The van der Waals surface area contributed by atoms with E-state index in [4.69, 9.17) is 29.9 Å². The van der Waals surface area contributed by atoms with E-state index in [1.165, 1.54) is 157 Å². The smallest absolute Gasteiger partial charge is 0.0973 e. The molecule has 0 amide bonds. The molecule has 0 atom stereocenters. The fourth-order valence-corrected chi connectivity index (χ4v) is 20.9. The minimum absolute atomic E-state index is 0.877. The molecular weight excluding hydrogens is 1650 g/mol. The van der Waals surface area contributed by atoms with Crippen LogP contribution in [0.15, 0.2) is 485 Å². The van der Waals surface area contributed by atoms with Crippen LogP contribution >= 0.6 is 0 Å². The van der Waals surface area contributed by atoms with Crippen LogP contribution in [0.3, 0.4) is 0 Å². The normalized spacial score (nSPS) is 11.7. The highest BCUT2D eigenvalue weighted by Crippen LogP contribution is 2.47. The fraction of sp³-hybridized carbons (Fsp3) is 0. The van der Waals surface area contributed by atoms with Crippen LogP contribution in [0.4, 0.5) is 0 Å². The Hall–Kier alpha value is -18.1. The van der Waals surface area contributed by atoms with E-state index in [1.807, 2.05) is 42.5 Å². The molecule has 630 valence electrons. The third-order valence-electron chi connectivity index (χ3n) is 27.4. The van der Waals surface area contributed by atoms with Gasteiger partial charge < -0.3 is 0 Å². The van der Waals surface area contributed by atoms with Crippen molar-refractivity contribution in [1.29, 1.82) is 0 Å². The van der Waals surface area contributed by atoms with Gasteiger partial charge in [-0.25, -0.2) is 29.9 Å². The highest BCUT2D eigenvalue weighted by molar-refractivity contribution is 6.30. The molecule has 0 radical (unpaired) electrons. The van der Waals surface area contributed by atoms with Crippen LogP contribution < -0.4 is 0 Å². The van der Waals surface area contributed by atoms with Crippen LogP contribution in [0.2, 0.25) is 0 Å². The van der Waals surface area contributed by atoms with E-state index in [9.17, 15) is 0 Å². The van der Waals surface area contributed by atoms with Gasteiger partial charge in [0.2, 0.25) is 0 Å². The Labute approximate surface area is 783 Å². The van der Waals surface area contributed by atoms with Gasteiger partial charge in [0.1, 0.15) is 0 Å². The largest absolute Gasteiger partial charge is 0.244 e. The lowest BCUT2D eigenvalue weighted by Gasteiger charge is -2.16. The van der Waals surface area contributed by atoms with Crippen LogP contribution in [-0.2, 0) is 0 Å². The lowest BCUT2D eigenvalue weighted by atomic mass is 9.88. The van der Waals surface area contributed by atoms with E-state index in [2.05, 4.69) is 443 Å². The number of aromatic nitrogens is 6. The molecule has 25 aromatic carbocycles. The molecule has 0 fully saturated rings. The number of hydrogen-bond acceptors (Lipinski definition) is 6. The van der Waals surface area contributed by atoms with Gasteiger partial charge >= 0.3 is 0 Å². The van der Waals surface area contributed by atoms with Crippen molar-refractivity contribution in [2.75, 3.05) is 0 Å². The Morgan fingerprint density at radius 3 is 0.890 bits per heavy atom. The first-order chi connectivity index (χ1) is 67.4. The molecule has 0 aliphatic heterocycles. The summed E-state index contributed by atoms with van der Waals surface area (Å²) in [5.41, 5.74) is 24.0. The monoisotopic (exact) mass is 1720 g/mol. The van der Waals surface area contributed by atoms with Gasteiger partial charge in [-0.1, -0.05) is 431 Å². The fourth-order valence-electron chi connectivity index (χ4n) is 20.9. The maximum atomic E-state index is 5.37. The zero-order valence-corrected chi connectivity index (χ0v) is 73.9. The standard InChI is InChI=1S/C46H28N2.2C42H26N2/c1-2-13-32(14-3-1)45-46(36-21-18-29-10-4-5-15-33(29)26-36)47-41-25-23-34(28-42(41)48-45)40-27-35-20-19-30-11-6-8-16-37(30)43(35)39-24-22-31-12-7-9-17-38(31)44(39)40;1-3-11-29(12-4-1)41-42(30-13-5-2-6-14-30)44-39-26-31(21-25-38(39)43-41)33-16-9-17-36-35(33)23-20-28-19-22-34-32-15-8-7-10-27(32)18-24-37(34)40(28)36;1-3-10-29(11-4-1)41-42(30-12-5-2-6-13-30)44-39-26-32(20-24-38(39)43-41)31-18-21-34-33(25-31)19-23-37-36(34)22-17-28-16-15-27-9-7-8-14-35(27)40(28)37/h1-28H;2*1-26H. The molecular formula is C130H80N6. The molecule has 28 aromatic rings. The number of hydrogen-bond donors (Lipinski definition) is 0. The highest BCUT2D eigenvalue weighted by Gasteiger charge is 2.23. The van der Waals surface area contributed by atoms with Crippen LogP contribution in [0.25, 0.3) is 274 Å². The summed E-state index contributed by atoms with van der Waals surface area (Å²) in [6, 6.07) is 173. The number of benzene rings is 25. The maximum Gasteiger partial charge on any atom is 0.0973 e. The van der Waals surface area contributed by atoms with Crippen molar-refractivity contribution in [2.24, 2.45) is 0 Å². The molecule has 0 spiro atoms. The van der Waals surface area contributed by atoms with Crippen molar-refractivity contribution in [3.8, 4) is 101 Å². The average molecular weight is 1730 g/mol. The summed E-state index contributed by atoms with van der Waals surface area (Å²) in [5.74, 6) is 0. The summed E-state index contributed by atoms with van der Waals surface area (Å²) < 4.78 is 0. The maximum absolute atomic E-state index is 5.37. The third-order valence-corrected chi connectivity index (χ3v) is 27.4. The molecule has 28 rings (SSSR count). The first-order valence-electron chi connectivity index (χ1n) is 46.4. The molecule has 136 heavy (non-hydrogen) atoms. The van der Waals surface area contributed by atoms with E-state index >= 15 is 0 Å². The van der Waals surface area contributed by atoms with E-state index < -0.39 is 0 Å². The molecule has 0 saturated carbocycles. The van der Waals surface area contributed by atoms with Crippen LogP contribution in [-0.4, -0.2) is 29.9 Å². The van der Waals surface area contributed by atoms with E-state index in [-0.39, 0.29) is 0 Å². The molecule has 0 N–H and O–H groups in total. The van der Waals surface area contributed by atoms with Gasteiger partial charge in [0.05, 0.1) is 67.3 Å². The van der Waals surface area contributed by atoms with E-state index in [0.717, 1.165) is 117 Å². The Balaban J connectivity index is 0.000000106. The molecule has 0 unspecified atom stereocenters. The first-order valence-corrected chi connectivity index (χ1v) is 46.4. The zero-order chi connectivity index (χ0) is 89.7. The molecule has 0 aliphatic carbocycles. The molecule has 3 aromatic heterocycles. The molecule has 0 bridgehead atoms. The minimum Gasteiger partial charge on any atom is -0.244 e. The lowest BCUT2D eigenvalue weighted by Crippen LogP contribution is -1.96.